The zero-order chi connectivity index (χ0) is 29.7. The van der Waals surface area contributed by atoms with Gasteiger partial charge >= 0.3 is 5.97 Å². The Labute approximate surface area is 249 Å². The maximum absolute atomic E-state index is 14.4. The van der Waals surface area contributed by atoms with Crippen LogP contribution in [0.3, 0.4) is 0 Å². The van der Waals surface area contributed by atoms with Gasteiger partial charge in [0.2, 0.25) is 11.8 Å². The summed E-state index contributed by atoms with van der Waals surface area (Å²) in [5.74, 6) is -3.26. The fourth-order valence-corrected chi connectivity index (χ4v) is 6.65. The second-order valence-corrected chi connectivity index (χ2v) is 11.1. The standard InChI is InChI=1S/C36H28N2O5/c1-22(39)23-16-19-27(20-17-23)37-34(40)30-29-21-18-24-10-8-9-15-28(24)38(29)32(31(30)35(37)41)36(42)43-33(25-11-4-2-5-12-25)26-13-6-3-7-14-26/h2-21,29-33H,1H3/t29-,30-,31-,32-/m0/s1. The van der Waals surface area contributed by atoms with Crippen LogP contribution in [0.5, 0.6) is 0 Å². The number of ether oxygens (including phenoxy) is 1. The Hall–Kier alpha value is -5.30. The number of imide groups is 1. The monoisotopic (exact) mass is 568 g/mol. The number of hydrogen-bond acceptors (Lipinski definition) is 6. The number of benzene rings is 4. The largest absolute Gasteiger partial charge is 0.451 e. The molecule has 0 radical (unpaired) electrons. The summed E-state index contributed by atoms with van der Waals surface area (Å²) in [6, 6.07) is 31.5. The topological polar surface area (TPSA) is 84.0 Å². The molecule has 0 aliphatic carbocycles. The minimum absolute atomic E-state index is 0.113. The van der Waals surface area contributed by atoms with Crippen molar-refractivity contribution in [2.75, 3.05) is 9.80 Å². The number of rotatable bonds is 6. The molecule has 3 heterocycles. The average molecular weight is 569 g/mol. The van der Waals surface area contributed by atoms with E-state index in [2.05, 4.69) is 0 Å². The number of carbonyl (C=O) groups is 4. The third kappa shape index (κ3) is 4.36. The molecule has 0 aromatic heterocycles. The second kappa shape index (κ2) is 10.5. The first-order valence-electron chi connectivity index (χ1n) is 14.3. The number of esters is 1. The summed E-state index contributed by atoms with van der Waals surface area (Å²) in [4.78, 5) is 57.5. The van der Waals surface area contributed by atoms with Gasteiger partial charge in [0, 0.05) is 11.3 Å². The van der Waals surface area contributed by atoms with Gasteiger partial charge < -0.3 is 9.64 Å². The minimum atomic E-state index is -1.03. The molecule has 7 rings (SSSR count). The molecule has 212 valence electrons. The fraction of sp³-hybridized carbons (Fsp3) is 0.167. The minimum Gasteiger partial charge on any atom is -0.451 e. The normalized spacial score (nSPS) is 21.9. The maximum Gasteiger partial charge on any atom is 0.330 e. The molecule has 3 aliphatic heterocycles. The van der Waals surface area contributed by atoms with Crippen LogP contribution in [0.4, 0.5) is 11.4 Å². The van der Waals surface area contributed by atoms with E-state index in [0.717, 1.165) is 27.3 Å². The SMILES string of the molecule is CC(=O)c1ccc(N2C(=O)[C@@H]3[C@H](C2=O)[C@@H](C(=O)OC(c2ccccc2)c2ccccc2)N2c4ccccc4C=C[C@@H]32)cc1. The smallest absolute Gasteiger partial charge is 0.330 e. The zero-order valence-electron chi connectivity index (χ0n) is 23.4. The van der Waals surface area contributed by atoms with Crippen LogP contribution in [0.2, 0.25) is 0 Å². The average Bonchev–Trinajstić information content (AvgIpc) is 3.53. The highest BCUT2D eigenvalue weighted by molar-refractivity contribution is 6.24. The Balaban J connectivity index is 1.30. The van der Waals surface area contributed by atoms with Crippen LogP contribution in [0, 0.1) is 11.8 Å². The van der Waals surface area contributed by atoms with Crippen LogP contribution >= 0.6 is 0 Å². The van der Waals surface area contributed by atoms with Crippen LogP contribution in [-0.4, -0.2) is 35.7 Å². The number of para-hydroxylation sites is 1. The van der Waals surface area contributed by atoms with Crippen LogP contribution < -0.4 is 9.80 Å². The summed E-state index contributed by atoms with van der Waals surface area (Å²) in [6.07, 6.45) is 3.15. The van der Waals surface area contributed by atoms with Crippen molar-refractivity contribution in [1.82, 2.24) is 0 Å². The molecule has 4 atom stereocenters. The van der Waals surface area contributed by atoms with Gasteiger partial charge in [-0.15, -0.1) is 0 Å². The van der Waals surface area contributed by atoms with Crippen molar-refractivity contribution in [3.63, 3.8) is 0 Å². The molecular formula is C36H28N2O5. The van der Waals surface area contributed by atoms with E-state index in [4.69, 9.17) is 4.74 Å². The molecule has 4 aromatic carbocycles. The predicted molar refractivity (Wildman–Crippen MR) is 162 cm³/mol. The quantitative estimate of drug-likeness (QED) is 0.171. The van der Waals surface area contributed by atoms with E-state index in [1.807, 2.05) is 102 Å². The summed E-state index contributed by atoms with van der Waals surface area (Å²) in [7, 11) is 0. The summed E-state index contributed by atoms with van der Waals surface area (Å²) < 4.78 is 6.32. The van der Waals surface area contributed by atoms with Crippen molar-refractivity contribution < 1.29 is 23.9 Å². The van der Waals surface area contributed by atoms with Gasteiger partial charge in [0.05, 0.1) is 23.6 Å². The van der Waals surface area contributed by atoms with Crippen LogP contribution in [0.25, 0.3) is 6.08 Å². The van der Waals surface area contributed by atoms with Crippen molar-refractivity contribution >= 4 is 41.0 Å². The molecule has 0 N–H and O–H groups in total. The number of carbonyl (C=O) groups excluding carboxylic acids is 4. The van der Waals surface area contributed by atoms with Crippen LogP contribution in [-0.2, 0) is 19.1 Å². The first-order valence-corrected chi connectivity index (χ1v) is 14.3. The Bertz CT molecular complexity index is 1730. The molecule has 43 heavy (non-hydrogen) atoms. The summed E-state index contributed by atoms with van der Waals surface area (Å²) >= 11 is 0. The number of ketones is 1. The van der Waals surface area contributed by atoms with Gasteiger partial charge in [-0.05, 0) is 53.9 Å². The number of hydrogen-bond donors (Lipinski definition) is 0. The van der Waals surface area contributed by atoms with Gasteiger partial charge in [-0.2, -0.15) is 0 Å². The molecule has 2 fully saturated rings. The predicted octanol–water partition coefficient (Wildman–Crippen LogP) is 5.61. The Kier molecular flexibility index (Phi) is 6.50. The highest BCUT2D eigenvalue weighted by atomic mass is 16.5. The van der Waals surface area contributed by atoms with Gasteiger partial charge in [0.25, 0.3) is 0 Å². The van der Waals surface area contributed by atoms with Gasteiger partial charge in [-0.3, -0.25) is 14.4 Å². The lowest BCUT2D eigenvalue weighted by Crippen LogP contribution is -2.49. The lowest BCUT2D eigenvalue weighted by molar-refractivity contribution is -0.151. The molecule has 0 bridgehead atoms. The lowest BCUT2D eigenvalue weighted by atomic mass is 9.88. The Morgan fingerprint density at radius 1 is 0.721 bits per heavy atom. The molecule has 4 aromatic rings. The summed E-state index contributed by atoms with van der Waals surface area (Å²) in [5, 5.41) is 0. The Morgan fingerprint density at radius 3 is 1.93 bits per heavy atom. The second-order valence-electron chi connectivity index (χ2n) is 11.1. The third-order valence-electron chi connectivity index (χ3n) is 8.63. The van der Waals surface area contributed by atoms with E-state index in [0.29, 0.717) is 11.3 Å². The highest BCUT2D eigenvalue weighted by Crippen LogP contribution is 2.49. The zero-order valence-corrected chi connectivity index (χ0v) is 23.4. The molecule has 7 nitrogen and oxygen atoms in total. The first kappa shape index (κ1) is 26.6. The molecule has 0 spiro atoms. The maximum atomic E-state index is 14.4. The summed E-state index contributed by atoms with van der Waals surface area (Å²) in [6.45, 7) is 1.46. The van der Waals surface area contributed by atoms with Crippen molar-refractivity contribution in [1.29, 1.82) is 0 Å². The van der Waals surface area contributed by atoms with Crippen molar-refractivity contribution in [2.24, 2.45) is 11.8 Å². The number of fused-ring (bicyclic) bond motifs is 5. The first-order chi connectivity index (χ1) is 20.9. The van der Waals surface area contributed by atoms with E-state index >= 15 is 0 Å². The number of Topliss-reactive ketones (excluding diaryl/α,β-unsaturated/α-hetero) is 1. The Morgan fingerprint density at radius 2 is 1.30 bits per heavy atom. The molecular weight excluding hydrogens is 540 g/mol. The van der Waals surface area contributed by atoms with Crippen LogP contribution in [0.15, 0.2) is 115 Å². The number of anilines is 2. The van der Waals surface area contributed by atoms with E-state index < -0.39 is 41.9 Å². The molecule has 3 aliphatic rings. The van der Waals surface area contributed by atoms with Gasteiger partial charge in [0.15, 0.2) is 11.9 Å². The van der Waals surface area contributed by atoms with E-state index in [1.54, 1.807) is 24.3 Å². The van der Waals surface area contributed by atoms with Crippen LogP contribution in [0.1, 0.15) is 40.1 Å². The van der Waals surface area contributed by atoms with Crippen molar-refractivity contribution in [3.8, 4) is 0 Å². The molecule has 2 amide bonds. The van der Waals surface area contributed by atoms with Crippen molar-refractivity contribution in [2.45, 2.75) is 25.1 Å². The highest BCUT2D eigenvalue weighted by Gasteiger charge is 2.65. The lowest BCUT2D eigenvalue weighted by Gasteiger charge is -2.36. The van der Waals surface area contributed by atoms with Crippen molar-refractivity contribution in [3.05, 3.63) is 138 Å². The molecule has 7 heteroatoms. The molecule has 0 unspecified atom stereocenters. The molecule has 0 saturated carbocycles. The fourth-order valence-electron chi connectivity index (χ4n) is 6.65. The van der Waals surface area contributed by atoms with E-state index in [9.17, 15) is 19.2 Å². The van der Waals surface area contributed by atoms with E-state index in [1.165, 1.54) is 6.92 Å². The number of amides is 2. The summed E-state index contributed by atoms with van der Waals surface area (Å²) in [5.41, 5.74) is 4.13. The number of nitrogens with zero attached hydrogens (tertiary/aromatic N) is 2. The van der Waals surface area contributed by atoms with Gasteiger partial charge in [-0.25, -0.2) is 9.69 Å². The van der Waals surface area contributed by atoms with Gasteiger partial charge in [0.1, 0.15) is 6.04 Å². The van der Waals surface area contributed by atoms with E-state index in [-0.39, 0.29) is 11.7 Å². The van der Waals surface area contributed by atoms with Gasteiger partial charge in [-0.1, -0.05) is 91.0 Å². The molecule has 2 saturated heterocycles. The third-order valence-corrected chi connectivity index (χ3v) is 8.63.